The van der Waals surface area contributed by atoms with Crippen molar-refractivity contribution in [2.24, 2.45) is 0 Å². The Morgan fingerprint density at radius 3 is 2.50 bits per heavy atom. The number of rotatable bonds is 6. The van der Waals surface area contributed by atoms with Gasteiger partial charge in [0.25, 0.3) is 5.91 Å². The number of nitrogens with one attached hydrogen (secondary N) is 1. The molecule has 0 heterocycles. The van der Waals surface area contributed by atoms with Gasteiger partial charge in [0.1, 0.15) is 11.5 Å². The van der Waals surface area contributed by atoms with Crippen molar-refractivity contribution in [3.63, 3.8) is 0 Å². The Labute approximate surface area is 127 Å². The summed E-state index contributed by atoms with van der Waals surface area (Å²) in [5.74, 6) is 0.744. The average Bonchev–Trinajstić information content (AvgIpc) is 2.36. The fraction of sp³-hybridized carbons (Fsp3) is 0.500. The smallest absolute Gasteiger partial charge is 0.255 e. The minimum absolute atomic E-state index is 0.141. The molecule has 1 rings (SSSR count). The Hall–Kier alpha value is -1.27. The van der Waals surface area contributed by atoms with Crippen LogP contribution in [0.5, 0.6) is 11.5 Å². The second-order valence-corrected chi connectivity index (χ2v) is 5.50. The minimum atomic E-state index is -0.468. The van der Waals surface area contributed by atoms with Crippen LogP contribution >= 0.6 is 15.9 Å². The summed E-state index contributed by atoms with van der Waals surface area (Å²) in [5, 5.41) is 12.2. The van der Waals surface area contributed by atoms with Gasteiger partial charge in [0.05, 0.1) is 30.4 Å². The normalized spacial score (nSPS) is 13.5. The number of amides is 1. The molecule has 0 spiro atoms. The lowest BCUT2D eigenvalue weighted by atomic mass is 10.1. The van der Waals surface area contributed by atoms with E-state index in [-0.39, 0.29) is 11.9 Å². The molecule has 0 aliphatic rings. The minimum Gasteiger partial charge on any atom is -0.497 e. The molecule has 1 amide bonds. The zero-order chi connectivity index (χ0) is 15.3. The topological polar surface area (TPSA) is 67.8 Å². The van der Waals surface area contributed by atoms with Crippen LogP contribution in [0.1, 0.15) is 30.6 Å². The van der Waals surface area contributed by atoms with E-state index < -0.39 is 6.10 Å². The predicted octanol–water partition coefficient (Wildman–Crippen LogP) is 2.36. The number of hydrogen-bond acceptors (Lipinski definition) is 4. The molecule has 0 saturated carbocycles. The Morgan fingerprint density at radius 1 is 1.35 bits per heavy atom. The molecular formula is C14H20BrNO4. The van der Waals surface area contributed by atoms with E-state index in [9.17, 15) is 9.90 Å². The lowest BCUT2D eigenvalue weighted by Gasteiger charge is -2.17. The second kappa shape index (κ2) is 7.50. The lowest BCUT2D eigenvalue weighted by Crippen LogP contribution is -2.34. The van der Waals surface area contributed by atoms with Crippen LogP contribution in [0.15, 0.2) is 16.6 Å². The Balaban J connectivity index is 2.99. The Morgan fingerprint density at radius 2 is 2.00 bits per heavy atom. The van der Waals surface area contributed by atoms with Crippen LogP contribution in [0.4, 0.5) is 0 Å². The highest BCUT2D eigenvalue weighted by molar-refractivity contribution is 9.10. The van der Waals surface area contributed by atoms with E-state index in [1.807, 2.05) is 6.92 Å². The highest BCUT2D eigenvalue weighted by atomic mass is 79.9. The molecule has 0 aliphatic carbocycles. The summed E-state index contributed by atoms with van der Waals surface area (Å²) in [5.41, 5.74) is 0.385. The van der Waals surface area contributed by atoms with Gasteiger partial charge in [0.2, 0.25) is 0 Å². The van der Waals surface area contributed by atoms with E-state index >= 15 is 0 Å². The van der Waals surface area contributed by atoms with E-state index in [0.717, 1.165) is 0 Å². The summed E-state index contributed by atoms with van der Waals surface area (Å²) in [6.45, 7) is 3.53. The van der Waals surface area contributed by atoms with Crippen molar-refractivity contribution in [1.82, 2.24) is 5.32 Å². The van der Waals surface area contributed by atoms with E-state index in [1.165, 1.54) is 14.2 Å². The molecular weight excluding hydrogens is 326 g/mol. The summed E-state index contributed by atoms with van der Waals surface area (Å²) in [4.78, 5) is 12.3. The second-order valence-electron chi connectivity index (χ2n) is 4.65. The first-order chi connectivity index (χ1) is 9.38. The number of halogens is 1. The summed E-state index contributed by atoms with van der Waals surface area (Å²) >= 11 is 3.35. The molecule has 0 aliphatic heterocycles. The number of ether oxygens (including phenoxy) is 2. The van der Waals surface area contributed by atoms with Gasteiger partial charge < -0.3 is 19.9 Å². The third kappa shape index (κ3) is 4.38. The largest absolute Gasteiger partial charge is 0.497 e. The van der Waals surface area contributed by atoms with E-state index in [0.29, 0.717) is 28.0 Å². The van der Waals surface area contributed by atoms with Crippen LogP contribution < -0.4 is 14.8 Å². The Kier molecular flexibility index (Phi) is 6.29. The molecule has 1 aromatic rings. The molecule has 112 valence electrons. The number of carbonyl (C=O) groups is 1. The molecule has 1 aromatic carbocycles. The lowest BCUT2D eigenvalue weighted by molar-refractivity contribution is 0.0919. The number of aliphatic hydroxyl groups excluding tert-OH is 1. The van der Waals surface area contributed by atoms with Crippen LogP contribution in [0.2, 0.25) is 0 Å². The molecule has 2 atom stereocenters. The molecule has 6 heteroatoms. The van der Waals surface area contributed by atoms with Crippen molar-refractivity contribution >= 4 is 21.8 Å². The number of carbonyl (C=O) groups excluding carboxylic acids is 1. The zero-order valence-electron chi connectivity index (χ0n) is 12.1. The summed E-state index contributed by atoms with van der Waals surface area (Å²) in [6, 6.07) is 3.21. The van der Waals surface area contributed by atoms with Gasteiger partial charge >= 0.3 is 0 Å². The van der Waals surface area contributed by atoms with Gasteiger partial charge in [-0.15, -0.1) is 0 Å². The van der Waals surface area contributed by atoms with Crippen LogP contribution in [0.25, 0.3) is 0 Å². The van der Waals surface area contributed by atoms with Gasteiger partial charge in [0.15, 0.2) is 0 Å². The molecule has 0 bridgehead atoms. The first-order valence-electron chi connectivity index (χ1n) is 6.29. The van der Waals surface area contributed by atoms with E-state index in [1.54, 1.807) is 19.1 Å². The molecule has 0 aromatic heterocycles. The third-order valence-corrected chi connectivity index (χ3v) is 3.36. The molecule has 5 nitrogen and oxygen atoms in total. The highest BCUT2D eigenvalue weighted by Crippen LogP contribution is 2.33. The van der Waals surface area contributed by atoms with Crippen LogP contribution in [0, 0.1) is 0 Å². The molecule has 0 fully saturated rings. The van der Waals surface area contributed by atoms with E-state index in [2.05, 4.69) is 21.2 Å². The highest BCUT2D eigenvalue weighted by Gasteiger charge is 2.19. The summed E-state index contributed by atoms with van der Waals surface area (Å²) in [7, 11) is 3.04. The maximum absolute atomic E-state index is 12.3. The first-order valence-corrected chi connectivity index (χ1v) is 7.08. The van der Waals surface area contributed by atoms with Crippen molar-refractivity contribution in [2.45, 2.75) is 32.4 Å². The monoisotopic (exact) mass is 345 g/mol. The van der Waals surface area contributed by atoms with Crippen molar-refractivity contribution in [3.8, 4) is 11.5 Å². The Bertz CT molecular complexity index is 476. The van der Waals surface area contributed by atoms with Gasteiger partial charge in [-0.05, 0) is 48.3 Å². The molecule has 0 radical (unpaired) electrons. The SMILES string of the molecule is COc1cc(Br)c(OC)c(C(=O)NC(C)CC(C)O)c1. The van der Waals surface area contributed by atoms with Crippen LogP contribution in [-0.4, -0.2) is 37.4 Å². The van der Waals surface area contributed by atoms with Crippen molar-refractivity contribution in [1.29, 1.82) is 0 Å². The summed E-state index contributed by atoms with van der Waals surface area (Å²) < 4.78 is 11.0. The maximum atomic E-state index is 12.3. The van der Waals surface area contributed by atoms with Gasteiger partial charge in [0, 0.05) is 6.04 Å². The van der Waals surface area contributed by atoms with Crippen LogP contribution in [0.3, 0.4) is 0 Å². The molecule has 2 N–H and O–H groups in total. The molecule has 20 heavy (non-hydrogen) atoms. The quantitative estimate of drug-likeness (QED) is 0.830. The molecule has 2 unspecified atom stereocenters. The van der Waals surface area contributed by atoms with Gasteiger partial charge in [-0.25, -0.2) is 0 Å². The van der Waals surface area contributed by atoms with Gasteiger partial charge in [-0.3, -0.25) is 4.79 Å². The van der Waals surface area contributed by atoms with Crippen molar-refractivity contribution < 1.29 is 19.4 Å². The fourth-order valence-electron chi connectivity index (χ4n) is 1.93. The summed E-state index contributed by atoms with van der Waals surface area (Å²) in [6.07, 6.45) is 0.0170. The predicted molar refractivity (Wildman–Crippen MR) is 80.5 cm³/mol. The van der Waals surface area contributed by atoms with Crippen molar-refractivity contribution in [3.05, 3.63) is 22.2 Å². The third-order valence-electron chi connectivity index (χ3n) is 2.77. The number of aliphatic hydroxyl groups is 1. The first kappa shape index (κ1) is 16.8. The van der Waals surface area contributed by atoms with Crippen LogP contribution in [-0.2, 0) is 0 Å². The average molecular weight is 346 g/mol. The van der Waals surface area contributed by atoms with E-state index in [4.69, 9.17) is 9.47 Å². The van der Waals surface area contributed by atoms with Gasteiger partial charge in [-0.1, -0.05) is 0 Å². The van der Waals surface area contributed by atoms with Crippen molar-refractivity contribution in [2.75, 3.05) is 14.2 Å². The number of hydrogen-bond donors (Lipinski definition) is 2. The number of methoxy groups -OCH3 is 2. The molecule has 0 saturated heterocycles. The standard InChI is InChI=1S/C14H20BrNO4/c1-8(5-9(2)17)16-14(18)11-6-10(19-3)7-12(15)13(11)20-4/h6-9,17H,5H2,1-4H3,(H,16,18). The number of benzene rings is 1. The fourth-order valence-corrected chi connectivity index (χ4v) is 2.54. The maximum Gasteiger partial charge on any atom is 0.255 e. The van der Waals surface area contributed by atoms with Gasteiger partial charge in [-0.2, -0.15) is 0 Å². The zero-order valence-corrected chi connectivity index (χ0v) is 13.7.